The van der Waals surface area contributed by atoms with E-state index in [1.54, 1.807) is 30.3 Å². The summed E-state index contributed by atoms with van der Waals surface area (Å²) in [6.45, 7) is 1.83. The van der Waals surface area contributed by atoms with Crippen molar-refractivity contribution in [3.05, 3.63) is 105 Å². The van der Waals surface area contributed by atoms with Crippen LogP contribution < -0.4 is 21.5 Å². The lowest BCUT2D eigenvalue weighted by molar-refractivity contribution is 0.474. The summed E-state index contributed by atoms with van der Waals surface area (Å²) in [5, 5.41) is 27.2. The third kappa shape index (κ3) is 3.84. The minimum Gasteiger partial charge on any atom is -0.508 e. The Labute approximate surface area is 194 Å². The van der Waals surface area contributed by atoms with Crippen LogP contribution in [-0.2, 0) is 0 Å². The molecular formula is C27H21N3O4. The largest absolute Gasteiger partial charge is 0.508 e. The number of aromatic hydroxyl groups is 2. The van der Waals surface area contributed by atoms with E-state index < -0.39 is 10.9 Å². The lowest BCUT2D eigenvalue weighted by atomic mass is 10.1. The molecule has 168 valence electrons. The number of aromatic nitrogens is 1. The smallest absolute Gasteiger partial charge is 0.253 e. The zero-order valence-electron chi connectivity index (χ0n) is 18.2. The number of fused-ring (bicyclic) bond motifs is 1. The first-order chi connectivity index (χ1) is 16.4. The number of phenols is 2. The van der Waals surface area contributed by atoms with Crippen molar-refractivity contribution in [3.63, 3.8) is 0 Å². The van der Waals surface area contributed by atoms with E-state index in [9.17, 15) is 19.8 Å². The van der Waals surface area contributed by atoms with Crippen LogP contribution in [0.25, 0.3) is 22.2 Å². The molecule has 0 amide bonds. The van der Waals surface area contributed by atoms with Crippen molar-refractivity contribution >= 4 is 28.0 Å². The first kappa shape index (κ1) is 21.2. The van der Waals surface area contributed by atoms with Crippen LogP contribution in [0, 0.1) is 0 Å². The molecule has 4 aromatic carbocycles. The average Bonchev–Trinajstić information content (AvgIpc) is 2.86. The summed E-state index contributed by atoms with van der Waals surface area (Å²) < 4.78 is 0. The summed E-state index contributed by atoms with van der Waals surface area (Å²) in [6, 6.07) is 22.6. The molecule has 34 heavy (non-hydrogen) atoms. The summed E-state index contributed by atoms with van der Waals surface area (Å²) in [4.78, 5) is 29.2. The average molecular weight is 451 g/mol. The highest BCUT2D eigenvalue weighted by Crippen LogP contribution is 2.33. The second-order valence-corrected chi connectivity index (χ2v) is 8.12. The summed E-state index contributed by atoms with van der Waals surface area (Å²) in [5.41, 5.74) is 2.29. The van der Waals surface area contributed by atoms with Crippen LogP contribution in [0.5, 0.6) is 11.5 Å². The molecule has 0 unspecified atom stereocenters. The van der Waals surface area contributed by atoms with E-state index >= 15 is 0 Å². The van der Waals surface area contributed by atoms with E-state index in [0.29, 0.717) is 16.9 Å². The molecule has 0 bridgehead atoms. The number of hydrogen-bond donors (Lipinski definition) is 4. The predicted octanol–water partition coefficient (Wildman–Crippen LogP) is 4.83. The van der Waals surface area contributed by atoms with Gasteiger partial charge < -0.3 is 20.8 Å². The molecule has 0 fully saturated rings. The van der Waals surface area contributed by atoms with Gasteiger partial charge >= 0.3 is 0 Å². The van der Waals surface area contributed by atoms with Gasteiger partial charge in [0.2, 0.25) is 0 Å². The SMILES string of the molecule is C[C@@H](Nc1c(Nc2ccc(O)c(-c3ccc4ccccc4n3)c2)c(=O)c1=O)c1cccc(O)c1. The monoisotopic (exact) mass is 451 g/mol. The lowest BCUT2D eigenvalue weighted by Gasteiger charge is -2.20. The van der Waals surface area contributed by atoms with Crippen molar-refractivity contribution in [1.82, 2.24) is 4.98 Å². The lowest BCUT2D eigenvalue weighted by Crippen LogP contribution is -2.37. The van der Waals surface area contributed by atoms with Crippen LogP contribution in [0.2, 0.25) is 0 Å². The van der Waals surface area contributed by atoms with Crippen molar-refractivity contribution in [2.24, 2.45) is 0 Å². The van der Waals surface area contributed by atoms with Gasteiger partial charge in [0, 0.05) is 22.7 Å². The number of phenolic OH excluding ortho intramolecular Hbond substituents is 2. The maximum Gasteiger partial charge on any atom is 0.253 e. The number of para-hydroxylation sites is 1. The number of rotatable bonds is 6. The van der Waals surface area contributed by atoms with Gasteiger partial charge in [0.05, 0.1) is 11.2 Å². The predicted molar refractivity (Wildman–Crippen MR) is 134 cm³/mol. The van der Waals surface area contributed by atoms with Crippen molar-refractivity contribution in [2.75, 3.05) is 10.6 Å². The standard InChI is InChI=1S/C27H21N3O4/c1-15(17-6-4-7-19(31)13-17)28-24-25(27(34)26(24)33)29-18-10-12-23(32)20(14-18)22-11-9-16-5-2-3-8-21(16)30-22/h2-15,28-29,31-32H,1H3/t15-/m1/s1. The van der Waals surface area contributed by atoms with Crippen molar-refractivity contribution in [3.8, 4) is 22.8 Å². The highest BCUT2D eigenvalue weighted by molar-refractivity contribution is 5.84. The Balaban J connectivity index is 1.44. The van der Waals surface area contributed by atoms with Gasteiger partial charge in [0.25, 0.3) is 10.9 Å². The fourth-order valence-electron chi connectivity index (χ4n) is 3.92. The Bertz CT molecular complexity index is 1600. The fraction of sp³-hybridized carbons (Fsp3) is 0.0741. The number of nitrogens with zero attached hydrogens (tertiary/aromatic N) is 1. The maximum atomic E-state index is 12.3. The Morgan fingerprint density at radius 1 is 0.824 bits per heavy atom. The molecule has 1 heterocycles. The van der Waals surface area contributed by atoms with E-state index in [2.05, 4.69) is 15.6 Å². The van der Waals surface area contributed by atoms with E-state index in [-0.39, 0.29) is 28.9 Å². The van der Waals surface area contributed by atoms with Gasteiger partial charge in [-0.15, -0.1) is 0 Å². The van der Waals surface area contributed by atoms with E-state index in [1.165, 1.54) is 6.07 Å². The normalized spacial score (nSPS) is 12.0. The van der Waals surface area contributed by atoms with Gasteiger partial charge in [0.1, 0.15) is 22.9 Å². The highest BCUT2D eigenvalue weighted by Gasteiger charge is 2.23. The van der Waals surface area contributed by atoms with Crippen LogP contribution in [0.15, 0.2) is 88.5 Å². The Morgan fingerprint density at radius 2 is 1.62 bits per heavy atom. The summed E-state index contributed by atoms with van der Waals surface area (Å²) in [7, 11) is 0. The quantitative estimate of drug-likeness (QED) is 0.216. The topological polar surface area (TPSA) is 112 Å². The molecule has 0 aliphatic rings. The molecule has 0 aliphatic heterocycles. The van der Waals surface area contributed by atoms with Crippen LogP contribution in [0.3, 0.4) is 0 Å². The molecule has 1 aromatic heterocycles. The van der Waals surface area contributed by atoms with Crippen molar-refractivity contribution < 1.29 is 10.2 Å². The summed E-state index contributed by atoms with van der Waals surface area (Å²) in [6.07, 6.45) is 0. The van der Waals surface area contributed by atoms with Crippen LogP contribution >= 0.6 is 0 Å². The number of anilines is 3. The Morgan fingerprint density at radius 3 is 2.44 bits per heavy atom. The molecule has 5 aromatic rings. The van der Waals surface area contributed by atoms with E-state index in [1.807, 2.05) is 49.4 Å². The van der Waals surface area contributed by atoms with Gasteiger partial charge in [-0.25, -0.2) is 4.98 Å². The van der Waals surface area contributed by atoms with Crippen molar-refractivity contribution in [1.29, 1.82) is 0 Å². The molecule has 0 spiro atoms. The molecule has 7 nitrogen and oxygen atoms in total. The molecule has 1 atom stereocenters. The van der Waals surface area contributed by atoms with Crippen molar-refractivity contribution in [2.45, 2.75) is 13.0 Å². The van der Waals surface area contributed by atoms with E-state index in [0.717, 1.165) is 16.5 Å². The molecule has 0 aliphatic carbocycles. The minimum atomic E-state index is -0.621. The van der Waals surface area contributed by atoms with Gasteiger partial charge in [-0.1, -0.05) is 36.4 Å². The second-order valence-electron chi connectivity index (χ2n) is 8.12. The molecule has 7 heteroatoms. The molecule has 0 radical (unpaired) electrons. The molecule has 0 saturated carbocycles. The maximum absolute atomic E-state index is 12.3. The molecule has 0 saturated heterocycles. The van der Waals surface area contributed by atoms with Crippen LogP contribution in [0.1, 0.15) is 18.5 Å². The number of hydrogen-bond acceptors (Lipinski definition) is 7. The molecule has 5 rings (SSSR count). The van der Waals surface area contributed by atoms with Gasteiger partial charge in [-0.05, 0) is 55.0 Å². The third-order valence-electron chi connectivity index (χ3n) is 5.78. The van der Waals surface area contributed by atoms with Crippen LogP contribution in [0.4, 0.5) is 17.1 Å². The van der Waals surface area contributed by atoms with Gasteiger partial charge in [0.15, 0.2) is 0 Å². The number of nitrogens with one attached hydrogen (secondary N) is 2. The zero-order valence-corrected chi connectivity index (χ0v) is 18.2. The number of benzene rings is 3. The molecule has 4 N–H and O–H groups in total. The fourth-order valence-corrected chi connectivity index (χ4v) is 3.92. The third-order valence-corrected chi connectivity index (χ3v) is 5.78. The molecular weight excluding hydrogens is 430 g/mol. The second kappa shape index (κ2) is 8.37. The first-order valence-electron chi connectivity index (χ1n) is 10.8. The zero-order chi connectivity index (χ0) is 23.8. The van der Waals surface area contributed by atoms with Gasteiger partial charge in [-0.3, -0.25) is 9.59 Å². The first-order valence-corrected chi connectivity index (χ1v) is 10.8. The Kier molecular flexibility index (Phi) is 5.22. The van der Waals surface area contributed by atoms with E-state index in [4.69, 9.17) is 0 Å². The summed E-state index contributed by atoms with van der Waals surface area (Å²) >= 11 is 0. The van der Waals surface area contributed by atoms with Gasteiger partial charge in [-0.2, -0.15) is 0 Å². The Hall–Kier alpha value is -4.65. The minimum absolute atomic E-state index is 0.0502. The number of pyridine rings is 1. The highest BCUT2D eigenvalue weighted by atomic mass is 16.3. The summed E-state index contributed by atoms with van der Waals surface area (Å²) in [5.74, 6) is 0.169. The van der Waals surface area contributed by atoms with Crippen LogP contribution in [-0.4, -0.2) is 15.2 Å².